The molecule has 0 saturated heterocycles. The molecule has 0 spiro atoms. The molecule has 6 nitrogen and oxygen atoms in total. The Morgan fingerprint density at radius 3 is 2.62 bits per heavy atom. The van der Waals surface area contributed by atoms with E-state index in [1.54, 1.807) is 7.11 Å². The highest BCUT2D eigenvalue weighted by atomic mass is 35.5. The van der Waals surface area contributed by atoms with Gasteiger partial charge in [-0.3, -0.25) is 4.98 Å². The summed E-state index contributed by atoms with van der Waals surface area (Å²) in [5, 5.41) is 1.01. The van der Waals surface area contributed by atoms with Crippen LogP contribution >= 0.6 is 11.6 Å². The van der Waals surface area contributed by atoms with Crippen LogP contribution < -0.4 is 10.5 Å². The SMILES string of the molecule is COc1c(C)cnc(Cn2cc(C#CCC(C)(C)C)c3c(Cl)nc(N)nc32)c1C. The number of ether oxygens (including phenoxy) is 1. The molecule has 0 radical (unpaired) electrons. The predicted octanol–water partition coefficient (Wildman–Crippen LogP) is 4.52. The number of hydrogen-bond acceptors (Lipinski definition) is 5. The third kappa shape index (κ3) is 4.46. The van der Waals surface area contributed by atoms with E-state index < -0.39 is 0 Å². The van der Waals surface area contributed by atoms with E-state index in [-0.39, 0.29) is 11.4 Å². The maximum absolute atomic E-state index is 6.40. The van der Waals surface area contributed by atoms with Crippen molar-refractivity contribution in [2.75, 3.05) is 12.8 Å². The van der Waals surface area contributed by atoms with Gasteiger partial charge in [-0.25, -0.2) is 4.98 Å². The normalized spacial score (nSPS) is 11.4. The zero-order valence-electron chi connectivity index (χ0n) is 17.7. The number of nitrogen functional groups attached to an aromatic ring is 1. The molecule has 3 aromatic rings. The maximum Gasteiger partial charge on any atom is 0.223 e. The van der Waals surface area contributed by atoms with Crippen molar-refractivity contribution >= 4 is 28.6 Å². The van der Waals surface area contributed by atoms with Gasteiger partial charge in [-0.05, 0) is 19.3 Å². The number of aromatic nitrogens is 4. The number of pyridine rings is 1. The van der Waals surface area contributed by atoms with Crippen LogP contribution in [0.3, 0.4) is 0 Å². The van der Waals surface area contributed by atoms with Crippen molar-refractivity contribution in [3.8, 4) is 17.6 Å². The first-order chi connectivity index (χ1) is 13.6. The van der Waals surface area contributed by atoms with Gasteiger partial charge in [0.1, 0.15) is 16.5 Å². The zero-order chi connectivity index (χ0) is 21.3. The van der Waals surface area contributed by atoms with E-state index in [0.29, 0.717) is 22.7 Å². The summed E-state index contributed by atoms with van der Waals surface area (Å²) in [6, 6.07) is 0. The predicted molar refractivity (Wildman–Crippen MR) is 117 cm³/mol. The van der Waals surface area contributed by atoms with E-state index in [4.69, 9.17) is 22.1 Å². The third-order valence-corrected chi connectivity index (χ3v) is 4.87. The van der Waals surface area contributed by atoms with E-state index in [9.17, 15) is 0 Å². The average molecular weight is 412 g/mol. The number of hydrogen-bond donors (Lipinski definition) is 1. The van der Waals surface area contributed by atoms with E-state index >= 15 is 0 Å². The Labute approximate surface area is 176 Å². The molecule has 0 aliphatic carbocycles. The summed E-state index contributed by atoms with van der Waals surface area (Å²) in [5.41, 5.74) is 10.3. The molecule has 0 atom stereocenters. The number of anilines is 1. The lowest BCUT2D eigenvalue weighted by atomic mass is 9.93. The number of aryl methyl sites for hydroxylation is 1. The number of nitrogens with zero attached hydrogens (tertiary/aromatic N) is 4. The number of fused-ring (bicyclic) bond motifs is 1. The van der Waals surface area contributed by atoms with Crippen molar-refractivity contribution < 1.29 is 4.74 Å². The minimum absolute atomic E-state index is 0.121. The smallest absolute Gasteiger partial charge is 0.223 e. The lowest BCUT2D eigenvalue weighted by Crippen LogP contribution is -2.07. The fourth-order valence-electron chi connectivity index (χ4n) is 3.17. The largest absolute Gasteiger partial charge is 0.496 e. The Morgan fingerprint density at radius 2 is 1.97 bits per heavy atom. The molecule has 2 N–H and O–H groups in total. The number of rotatable bonds is 3. The van der Waals surface area contributed by atoms with Crippen LogP contribution in [0.4, 0.5) is 5.95 Å². The molecule has 0 aliphatic heterocycles. The molecule has 3 rings (SSSR count). The van der Waals surface area contributed by atoms with Gasteiger partial charge in [0.15, 0.2) is 0 Å². The Hall–Kier alpha value is -2.78. The van der Waals surface area contributed by atoms with Crippen molar-refractivity contribution in [2.24, 2.45) is 5.41 Å². The van der Waals surface area contributed by atoms with Crippen LogP contribution in [0.5, 0.6) is 5.75 Å². The summed E-state index contributed by atoms with van der Waals surface area (Å²) in [4.78, 5) is 13.1. The lowest BCUT2D eigenvalue weighted by molar-refractivity contribution is 0.406. The second-order valence-electron chi connectivity index (χ2n) is 8.33. The van der Waals surface area contributed by atoms with Gasteiger partial charge in [0.2, 0.25) is 5.95 Å². The minimum atomic E-state index is 0.121. The molecule has 7 heteroatoms. The molecule has 0 aromatic carbocycles. The molecule has 3 heterocycles. The standard InChI is InChI=1S/C22H26ClN5O/c1-13-10-25-16(14(2)18(13)29-6)12-28-11-15(8-7-9-22(3,4)5)17-19(23)26-21(24)27-20(17)28/h10-11H,9,12H2,1-6H3,(H2,24,26,27). The van der Waals surface area contributed by atoms with Gasteiger partial charge in [0.25, 0.3) is 0 Å². The molecule has 0 aliphatic rings. The highest BCUT2D eigenvalue weighted by Crippen LogP contribution is 2.29. The van der Waals surface area contributed by atoms with Crippen molar-refractivity contribution in [3.05, 3.63) is 39.9 Å². The topological polar surface area (TPSA) is 78.8 Å². The average Bonchev–Trinajstić information content (AvgIpc) is 2.94. The van der Waals surface area contributed by atoms with Crippen LogP contribution in [0.15, 0.2) is 12.4 Å². The Kier molecular flexibility index (Phi) is 5.72. The van der Waals surface area contributed by atoms with Crippen molar-refractivity contribution in [2.45, 2.75) is 47.6 Å². The molecule has 0 unspecified atom stereocenters. The Morgan fingerprint density at radius 1 is 1.24 bits per heavy atom. The molecule has 152 valence electrons. The van der Waals surface area contributed by atoms with Gasteiger partial charge >= 0.3 is 0 Å². The minimum Gasteiger partial charge on any atom is -0.496 e. The molecule has 3 aromatic heterocycles. The van der Waals surface area contributed by atoms with Gasteiger partial charge in [-0.1, -0.05) is 44.2 Å². The first-order valence-corrected chi connectivity index (χ1v) is 9.78. The molecule has 0 saturated carbocycles. The fraction of sp³-hybridized carbons (Fsp3) is 0.409. The summed E-state index contributed by atoms with van der Waals surface area (Å²) in [5.74, 6) is 7.45. The summed E-state index contributed by atoms with van der Waals surface area (Å²) in [6.07, 6.45) is 4.52. The van der Waals surface area contributed by atoms with Crippen LogP contribution in [-0.4, -0.2) is 26.6 Å². The van der Waals surface area contributed by atoms with E-state index in [0.717, 1.165) is 34.6 Å². The second kappa shape index (κ2) is 7.92. The van der Waals surface area contributed by atoms with Crippen molar-refractivity contribution in [3.63, 3.8) is 0 Å². The fourth-order valence-corrected chi connectivity index (χ4v) is 3.44. The van der Waals surface area contributed by atoms with Crippen LogP contribution in [0, 0.1) is 31.1 Å². The lowest BCUT2D eigenvalue weighted by Gasteiger charge is -2.13. The van der Waals surface area contributed by atoms with Gasteiger partial charge in [0, 0.05) is 29.9 Å². The van der Waals surface area contributed by atoms with E-state index in [1.807, 2.05) is 30.8 Å². The van der Waals surface area contributed by atoms with Crippen molar-refractivity contribution in [1.29, 1.82) is 0 Å². The summed E-state index contributed by atoms with van der Waals surface area (Å²) in [6.45, 7) is 10.9. The Bertz CT molecular complexity index is 1130. The number of methoxy groups -OCH3 is 1. The molecule has 29 heavy (non-hydrogen) atoms. The monoisotopic (exact) mass is 411 g/mol. The first kappa shape index (κ1) is 20.9. The molecule has 0 fully saturated rings. The molecule has 0 bridgehead atoms. The highest BCUT2D eigenvalue weighted by molar-refractivity contribution is 6.34. The maximum atomic E-state index is 6.40. The van der Waals surface area contributed by atoms with Gasteiger partial charge < -0.3 is 15.0 Å². The molecular formula is C22H26ClN5O. The van der Waals surface area contributed by atoms with Crippen molar-refractivity contribution in [1.82, 2.24) is 19.5 Å². The quantitative estimate of drug-likeness (QED) is 0.506. The van der Waals surface area contributed by atoms with Crippen LogP contribution in [0.25, 0.3) is 11.0 Å². The second-order valence-corrected chi connectivity index (χ2v) is 8.69. The van der Waals surface area contributed by atoms with E-state index in [2.05, 4.69) is 47.6 Å². The van der Waals surface area contributed by atoms with Gasteiger partial charge in [0.05, 0.1) is 30.3 Å². The summed E-state index contributed by atoms with van der Waals surface area (Å²) < 4.78 is 7.49. The highest BCUT2D eigenvalue weighted by Gasteiger charge is 2.17. The van der Waals surface area contributed by atoms with Gasteiger partial charge in [-0.15, -0.1) is 0 Å². The molecular weight excluding hydrogens is 386 g/mol. The first-order valence-electron chi connectivity index (χ1n) is 9.40. The number of nitrogens with two attached hydrogens (primary N) is 1. The zero-order valence-corrected chi connectivity index (χ0v) is 18.5. The summed E-state index contributed by atoms with van der Waals surface area (Å²) in [7, 11) is 1.67. The molecule has 0 amide bonds. The summed E-state index contributed by atoms with van der Waals surface area (Å²) >= 11 is 6.40. The van der Waals surface area contributed by atoms with E-state index in [1.165, 1.54) is 0 Å². The Balaban J connectivity index is 2.12. The third-order valence-electron chi connectivity index (χ3n) is 4.60. The van der Waals surface area contributed by atoms with Crippen LogP contribution in [0.2, 0.25) is 5.15 Å². The van der Waals surface area contributed by atoms with Gasteiger partial charge in [-0.2, -0.15) is 4.98 Å². The van der Waals surface area contributed by atoms with Crippen LogP contribution in [-0.2, 0) is 6.54 Å². The van der Waals surface area contributed by atoms with Crippen LogP contribution in [0.1, 0.15) is 49.6 Å². The number of halogens is 1.